The molecule has 0 spiro atoms. The van der Waals surface area contributed by atoms with E-state index in [4.69, 9.17) is 23.8 Å². The van der Waals surface area contributed by atoms with E-state index >= 15 is 0 Å². The Morgan fingerprint density at radius 1 is 0.333 bits per heavy atom. The van der Waals surface area contributed by atoms with E-state index in [1.165, 1.54) is 16.3 Å². The Kier molecular flexibility index (Phi) is 6.83. The molecule has 266 valence electrons. The van der Waals surface area contributed by atoms with Crippen LogP contribution >= 0.6 is 0 Å². The van der Waals surface area contributed by atoms with E-state index in [0.29, 0.717) is 17.5 Å². The molecular weight excluding hydrogens is 701 g/mol. The fourth-order valence-electron chi connectivity index (χ4n) is 8.40. The zero-order valence-electron chi connectivity index (χ0n) is 30.4. The van der Waals surface area contributed by atoms with Crippen molar-refractivity contribution in [3.05, 3.63) is 182 Å². The van der Waals surface area contributed by atoms with Gasteiger partial charge in [0.1, 0.15) is 16.7 Å². The fourth-order valence-corrected chi connectivity index (χ4v) is 8.40. The van der Waals surface area contributed by atoms with Crippen LogP contribution in [0.1, 0.15) is 0 Å². The standard InChI is InChI=1S/C51H30N4O2/c1-3-13-31(14-4-1)33-25-27-36-35-17-7-9-22-42(35)55(44(36)30-33)43-23-12-20-39-41-29-34(26-28-46(41)57-48(39)43)50-52-49(32-15-5-2-6-16-32)53-51(54-50)40-21-11-19-38-37-18-8-10-24-45(37)56-47(38)40/h1-30H. The Hall–Kier alpha value is -7.83. The first-order valence-electron chi connectivity index (χ1n) is 19.0. The van der Waals surface area contributed by atoms with Gasteiger partial charge in [-0.05, 0) is 59.7 Å². The summed E-state index contributed by atoms with van der Waals surface area (Å²) in [6.45, 7) is 0. The van der Waals surface area contributed by atoms with Crippen LogP contribution in [0.25, 0.3) is 117 Å². The summed E-state index contributed by atoms with van der Waals surface area (Å²) >= 11 is 0. The molecule has 0 fully saturated rings. The highest BCUT2D eigenvalue weighted by molar-refractivity contribution is 6.14. The van der Waals surface area contributed by atoms with Crippen molar-refractivity contribution >= 4 is 65.7 Å². The molecule has 0 aliphatic heterocycles. The van der Waals surface area contributed by atoms with Gasteiger partial charge in [0.05, 0.1) is 22.3 Å². The summed E-state index contributed by atoms with van der Waals surface area (Å²) in [5.74, 6) is 1.70. The molecule has 0 radical (unpaired) electrons. The van der Waals surface area contributed by atoms with Gasteiger partial charge < -0.3 is 13.4 Å². The lowest BCUT2D eigenvalue weighted by Crippen LogP contribution is -2.00. The minimum absolute atomic E-state index is 0.546. The predicted octanol–water partition coefficient (Wildman–Crippen LogP) is 13.4. The smallest absolute Gasteiger partial charge is 0.167 e. The highest BCUT2D eigenvalue weighted by Gasteiger charge is 2.21. The maximum absolute atomic E-state index is 6.79. The molecule has 0 aliphatic rings. The Labute approximate surface area is 325 Å². The number of aromatic nitrogens is 4. The van der Waals surface area contributed by atoms with Crippen molar-refractivity contribution in [1.29, 1.82) is 0 Å². The third-order valence-corrected chi connectivity index (χ3v) is 11.1. The lowest BCUT2D eigenvalue weighted by molar-refractivity contribution is 0.666. The van der Waals surface area contributed by atoms with Crippen LogP contribution in [0.4, 0.5) is 0 Å². The summed E-state index contributed by atoms with van der Waals surface area (Å²) in [4.78, 5) is 15.2. The first kappa shape index (κ1) is 31.5. The fraction of sp³-hybridized carbons (Fsp3) is 0. The van der Waals surface area contributed by atoms with Gasteiger partial charge in [0, 0.05) is 43.4 Å². The number of rotatable bonds is 5. The van der Waals surface area contributed by atoms with E-state index in [2.05, 4.69) is 114 Å². The molecule has 6 nitrogen and oxygen atoms in total. The number of furan rings is 2. The molecule has 0 N–H and O–H groups in total. The highest BCUT2D eigenvalue weighted by atomic mass is 16.3. The minimum atomic E-state index is 0.546. The molecule has 0 saturated heterocycles. The second-order valence-corrected chi connectivity index (χ2v) is 14.4. The van der Waals surface area contributed by atoms with Gasteiger partial charge in [-0.25, -0.2) is 15.0 Å². The van der Waals surface area contributed by atoms with E-state index in [1.54, 1.807) is 0 Å². The third-order valence-electron chi connectivity index (χ3n) is 11.1. The summed E-state index contributed by atoms with van der Waals surface area (Å²) in [5, 5.41) is 6.46. The number of hydrogen-bond acceptors (Lipinski definition) is 5. The Balaban J connectivity index is 1.05. The van der Waals surface area contributed by atoms with Crippen molar-refractivity contribution in [3.63, 3.8) is 0 Å². The molecule has 12 rings (SSSR count). The zero-order valence-corrected chi connectivity index (χ0v) is 30.4. The van der Waals surface area contributed by atoms with Gasteiger partial charge in [-0.3, -0.25) is 0 Å². The number of benzene rings is 8. The van der Waals surface area contributed by atoms with Gasteiger partial charge in [-0.1, -0.05) is 133 Å². The number of fused-ring (bicyclic) bond motifs is 9. The molecule has 0 saturated carbocycles. The van der Waals surface area contributed by atoms with Crippen molar-refractivity contribution in [3.8, 4) is 51.0 Å². The highest BCUT2D eigenvalue weighted by Crippen LogP contribution is 2.41. The molecule has 0 bridgehead atoms. The average Bonchev–Trinajstić information content (AvgIpc) is 3.96. The Bertz CT molecular complexity index is 3530. The van der Waals surface area contributed by atoms with Crippen LogP contribution in [-0.2, 0) is 0 Å². The second kappa shape index (κ2) is 12.3. The summed E-state index contributed by atoms with van der Waals surface area (Å²) in [6.07, 6.45) is 0. The molecule has 0 amide bonds. The lowest BCUT2D eigenvalue weighted by atomic mass is 10.0. The quantitative estimate of drug-likeness (QED) is 0.176. The van der Waals surface area contributed by atoms with Gasteiger partial charge >= 0.3 is 0 Å². The van der Waals surface area contributed by atoms with Crippen LogP contribution < -0.4 is 0 Å². The van der Waals surface area contributed by atoms with Crippen molar-refractivity contribution in [2.45, 2.75) is 0 Å². The first-order valence-corrected chi connectivity index (χ1v) is 19.0. The van der Waals surface area contributed by atoms with Crippen LogP contribution in [0.5, 0.6) is 0 Å². The van der Waals surface area contributed by atoms with Gasteiger partial charge in [-0.2, -0.15) is 0 Å². The van der Waals surface area contributed by atoms with Crippen molar-refractivity contribution in [2.24, 2.45) is 0 Å². The van der Waals surface area contributed by atoms with Crippen molar-refractivity contribution in [1.82, 2.24) is 19.5 Å². The SMILES string of the molecule is c1ccc(-c2ccc3c4ccccc4n(-c4cccc5c4oc4ccc(-c6nc(-c7ccccc7)nc(-c7cccc8c7oc7ccccc78)n6)cc45)c3c2)cc1. The third kappa shape index (κ3) is 4.94. The van der Waals surface area contributed by atoms with E-state index in [9.17, 15) is 0 Å². The molecule has 0 aliphatic carbocycles. The summed E-state index contributed by atoms with van der Waals surface area (Å²) < 4.78 is 15.6. The van der Waals surface area contributed by atoms with Crippen LogP contribution in [0.3, 0.4) is 0 Å². The van der Waals surface area contributed by atoms with Gasteiger partial charge in [0.15, 0.2) is 23.1 Å². The van der Waals surface area contributed by atoms with E-state index in [-0.39, 0.29) is 0 Å². The maximum Gasteiger partial charge on any atom is 0.167 e. The first-order chi connectivity index (χ1) is 28.2. The normalized spacial score (nSPS) is 11.9. The molecule has 4 heterocycles. The van der Waals surface area contributed by atoms with Gasteiger partial charge in [-0.15, -0.1) is 0 Å². The van der Waals surface area contributed by atoms with Crippen LogP contribution in [0.15, 0.2) is 191 Å². The molecule has 0 unspecified atom stereocenters. The molecule has 4 aromatic heterocycles. The molecule has 6 heteroatoms. The molecule has 12 aromatic rings. The van der Waals surface area contributed by atoms with Crippen molar-refractivity contribution < 1.29 is 8.83 Å². The number of hydrogen-bond donors (Lipinski definition) is 0. The van der Waals surface area contributed by atoms with Crippen LogP contribution in [0, 0.1) is 0 Å². The monoisotopic (exact) mass is 730 g/mol. The largest absolute Gasteiger partial charge is 0.455 e. The molecule has 8 aromatic carbocycles. The number of para-hydroxylation sites is 4. The van der Waals surface area contributed by atoms with E-state index < -0.39 is 0 Å². The van der Waals surface area contributed by atoms with Crippen molar-refractivity contribution in [2.75, 3.05) is 0 Å². The molecule has 0 atom stereocenters. The maximum atomic E-state index is 6.79. The minimum Gasteiger partial charge on any atom is -0.455 e. The van der Waals surface area contributed by atoms with Crippen LogP contribution in [0.2, 0.25) is 0 Å². The zero-order chi connectivity index (χ0) is 37.5. The lowest BCUT2D eigenvalue weighted by Gasteiger charge is -2.10. The summed E-state index contributed by atoms with van der Waals surface area (Å²) in [6, 6.07) is 62.7. The second-order valence-electron chi connectivity index (χ2n) is 14.4. The van der Waals surface area contributed by atoms with E-state index in [0.717, 1.165) is 82.9 Å². The van der Waals surface area contributed by atoms with E-state index in [1.807, 2.05) is 72.8 Å². The Morgan fingerprint density at radius 3 is 1.77 bits per heavy atom. The van der Waals surface area contributed by atoms with Crippen LogP contribution in [-0.4, -0.2) is 19.5 Å². The summed E-state index contributed by atoms with van der Waals surface area (Å²) in [7, 11) is 0. The van der Waals surface area contributed by atoms with Gasteiger partial charge in [0.2, 0.25) is 0 Å². The number of nitrogens with zero attached hydrogens (tertiary/aromatic N) is 4. The molecule has 57 heavy (non-hydrogen) atoms. The van der Waals surface area contributed by atoms with Gasteiger partial charge in [0.25, 0.3) is 0 Å². The predicted molar refractivity (Wildman–Crippen MR) is 230 cm³/mol. The summed E-state index contributed by atoms with van der Waals surface area (Å²) in [5.41, 5.74) is 11.3. The average molecular weight is 731 g/mol. The topological polar surface area (TPSA) is 69.9 Å². The molecular formula is C51H30N4O2. The Morgan fingerprint density at radius 2 is 0.930 bits per heavy atom.